The van der Waals surface area contributed by atoms with Crippen LogP contribution in [-0.2, 0) is 4.79 Å². The molecule has 0 saturated carbocycles. The summed E-state index contributed by atoms with van der Waals surface area (Å²) in [5.74, 6) is 0.00609. The molecule has 1 N–H and O–H groups in total. The molecule has 1 heterocycles. The maximum absolute atomic E-state index is 11.2. The Balaban J connectivity index is 1.94. The molecule has 22 heavy (non-hydrogen) atoms. The Labute approximate surface area is 128 Å². The summed E-state index contributed by atoms with van der Waals surface area (Å²) in [7, 11) is 1.65. The van der Waals surface area contributed by atoms with E-state index in [-0.39, 0.29) is 0 Å². The van der Waals surface area contributed by atoms with Gasteiger partial charge >= 0.3 is 5.97 Å². The van der Waals surface area contributed by atoms with E-state index >= 15 is 0 Å². The van der Waals surface area contributed by atoms with Gasteiger partial charge in [-0.05, 0) is 30.4 Å². The number of nitrogens with zero attached hydrogens (tertiary/aromatic N) is 2. The van der Waals surface area contributed by atoms with Gasteiger partial charge in [-0.1, -0.05) is 24.3 Å². The lowest BCUT2D eigenvalue weighted by Crippen LogP contribution is -2.31. The molecule has 0 amide bonds. The Morgan fingerprint density at radius 2 is 2.09 bits per heavy atom. The molecule has 1 fully saturated rings. The third kappa shape index (κ3) is 2.62. The Bertz CT molecular complexity index is 727. The fourth-order valence-electron chi connectivity index (χ4n) is 2.86. The van der Waals surface area contributed by atoms with Crippen LogP contribution in [0, 0.1) is 0 Å². The van der Waals surface area contributed by atoms with Crippen molar-refractivity contribution in [2.45, 2.75) is 18.9 Å². The van der Waals surface area contributed by atoms with Crippen molar-refractivity contribution in [3.05, 3.63) is 42.0 Å². The second kappa shape index (κ2) is 6.05. The smallest absolute Gasteiger partial charge is 0.328 e. The quantitative estimate of drug-likeness (QED) is 0.882. The van der Waals surface area contributed by atoms with Crippen molar-refractivity contribution in [2.24, 2.45) is 5.10 Å². The fourth-order valence-corrected chi connectivity index (χ4v) is 2.86. The van der Waals surface area contributed by atoms with Crippen LogP contribution in [0.4, 0.5) is 0 Å². The zero-order chi connectivity index (χ0) is 15.5. The molecule has 0 aromatic heterocycles. The van der Waals surface area contributed by atoms with E-state index < -0.39 is 12.0 Å². The molecule has 0 spiro atoms. The molecule has 5 nitrogen and oxygen atoms in total. The number of carbonyl (C=O) groups is 1. The topological polar surface area (TPSA) is 62.1 Å². The minimum Gasteiger partial charge on any atom is -0.496 e. The summed E-state index contributed by atoms with van der Waals surface area (Å²) < 4.78 is 5.38. The molecule has 2 aromatic rings. The molecule has 0 bridgehead atoms. The van der Waals surface area contributed by atoms with Gasteiger partial charge in [-0.2, -0.15) is 5.10 Å². The maximum atomic E-state index is 11.2. The number of hydrogen-bond acceptors (Lipinski definition) is 4. The predicted molar refractivity (Wildman–Crippen MR) is 85.5 cm³/mol. The van der Waals surface area contributed by atoms with Gasteiger partial charge < -0.3 is 9.84 Å². The molecule has 0 aliphatic carbocycles. The molecule has 1 aliphatic rings. The summed E-state index contributed by atoms with van der Waals surface area (Å²) in [6.45, 7) is 0.682. The first kappa shape index (κ1) is 14.4. The average molecular weight is 298 g/mol. The van der Waals surface area contributed by atoms with Gasteiger partial charge in [0.2, 0.25) is 0 Å². The van der Waals surface area contributed by atoms with E-state index in [1.807, 2.05) is 36.4 Å². The number of benzene rings is 2. The van der Waals surface area contributed by atoms with Crippen LogP contribution in [-0.4, -0.2) is 42.0 Å². The van der Waals surface area contributed by atoms with Crippen molar-refractivity contribution in [2.75, 3.05) is 13.7 Å². The third-order valence-corrected chi connectivity index (χ3v) is 3.99. The molecule has 114 valence electrons. The number of carboxylic acid groups (broad SMARTS) is 1. The summed E-state index contributed by atoms with van der Waals surface area (Å²) in [5, 5.41) is 17.3. The minimum atomic E-state index is -0.811. The van der Waals surface area contributed by atoms with Crippen LogP contribution in [0.2, 0.25) is 0 Å². The van der Waals surface area contributed by atoms with Gasteiger partial charge in [0.25, 0.3) is 0 Å². The van der Waals surface area contributed by atoms with E-state index in [2.05, 4.69) is 5.10 Å². The van der Waals surface area contributed by atoms with Crippen molar-refractivity contribution < 1.29 is 14.6 Å². The van der Waals surface area contributed by atoms with Crippen molar-refractivity contribution >= 4 is 23.0 Å². The summed E-state index contributed by atoms with van der Waals surface area (Å²) in [6.07, 6.45) is 3.25. The van der Waals surface area contributed by atoms with Crippen molar-refractivity contribution in [3.8, 4) is 5.75 Å². The lowest BCUT2D eigenvalue weighted by molar-refractivity contribution is -0.142. The van der Waals surface area contributed by atoms with Gasteiger partial charge in [-0.25, -0.2) is 4.79 Å². The Morgan fingerprint density at radius 1 is 1.32 bits per heavy atom. The van der Waals surface area contributed by atoms with Crippen LogP contribution in [0.1, 0.15) is 18.4 Å². The number of aliphatic carboxylic acids is 1. The highest BCUT2D eigenvalue weighted by molar-refractivity contribution is 6.02. The standard InChI is InChI=1S/C17H18N2O3/c1-22-16-9-8-12(13-5-2-3-6-14(13)16)11-18-19-10-4-7-15(19)17(20)21/h2-3,5-6,8-9,11,15H,4,7,10H2,1H3,(H,20,21)/b18-11+. The zero-order valence-electron chi connectivity index (χ0n) is 12.4. The van der Waals surface area contributed by atoms with Crippen LogP contribution in [0.3, 0.4) is 0 Å². The van der Waals surface area contributed by atoms with E-state index in [4.69, 9.17) is 4.74 Å². The molecule has 1 aliphatic heterocycles. The molecule has 0 radical (unpaired) electrons. The normalized spacial score (nSPS) is 18.2. The second-order valence-electron chi connectivity index (χ2n) is 5.31. The molecule has 3 rings (SSSR count). The molecule has 1 atom stereocenters. The number of methoxy groups -OCH3 is 1. The average Bonchev–Trinajstić information content (AvgIpc) is 3.01. The van der Waals surface area contributed by atoms with Crippen LogP contribution >= 0.6 is 0 Å². The molecule has 5 heteroatoms. The highest BCUT2D eigenvalue weighted by Crippen LogP contribution is 2.27. The van der Waals surface area contributed by atoms with Gasteiger partial charge in [0.15, 0.2) is 0 Å². The van der Waals surface area contributed by atoms with Gasteiger partial charge in [0.05, 0.1) is 13.3 Å². The highest BCUT2D eigenvalue weighted by atomic mass is 16.5. The van der Waals surface area contributed by atoms with Crippen LogP contribution in [0.5, 0.6) is 5.75 Å². The fraction of sp³-hybridized carbons (Fsp3) is 0.294. The zero-order valence-corrected chi connectivity index (χ0v) is 12.4. The first-order valence-electron chi connectivity index (χ1n) is 7.30. The monoisotopic (exact) mass is 298 g/mol. The molecule has 1 unspecified atom stereocenters. The molecule has 1 saturated heterocycles. The first-order chi connectivity index (χ1) is 10.7. The summed E-state index contributed by atoms with van der Waals surface area (Å²) in [6, 6.07) is 11.3. The van der Waals surface area contributed by atoms with Crippen molar-refractivity contribution in [1.82, 2.24) is 5.01 Å². The van der Waals surface area contributed by atoms with Crippen LogP contribution in [0.25, 0.3) is 10.8 Å². The number of fused-ring (bicyclic) bond motifs is 1. The lowest BCUT2D eigenvalue weighted by atomic mass is 10.0. The Hall–Kier alpha value is -2.56. The van der Waals surface area contributed by atoms with Gasteiger partial charge in [0, 0.05) is 17.5 Å². The number of hydrogen-bond donors (Lipinski definition) is 1. The minimum absolute atomic E-state index is 0.513. The summed E-state index contributed by atoms with van der Waals surface area (Å²) in [4.78, 5) is 11.2. The summed E-state index contributed by atoms with van der Waals surface area (Å²) in [5.41, 5.74) is 0.951. The predicted octanol–water partition coefficient (Wildman–Crippen LogP) is 2.73. The van der Waals surface area contributed by atoms with E-state index in [0.29, 0.717) is 13.0 Å². The highest BCUT2D eigenvalue weighted by Gasteiger charge is 2.29. The van der Waals surface area contributed by atoms with Gasteiger partial charge in [-0.15, -0.1) is 0 Å². The van der Waals surface area contributed by atoms with Gasteiger partial charge in [0.1, 0.15) is 11.8 Å². The summed E-state index contributed by atoms with van der Waals surface area (Å²) >= 11 is 0. The Morgan fingerprint density at radius 3 is 2.82 bits per heavy atom. The van der Waals surface area contributed by atoms with Crippen molar-refractivity contribution in [1.29, 1.82) is 0 Å². The largest absolute Gasteiger partial charge is 0.496 e. The van der Waals surface area contributed by atoms with Gasteiger partial charge in [-0.3, -0.25) is 5.01 Å². The van der Waals surface area contributed by atoms with E-state index in [1.54, 1.807) is 18.3 Å². The number of ether oxygens (including phenoxy) is 1. The third-order valence-electron chi connectivity index (χ3n) is 3.99. The number of carboxylic acids is 1. The Kier molecular flexibility index (Phi) is 3.96. The number of rotatable bonds is 4. The maximum Gasteiger partial charge on any atom is 0.328 e. The second-order valence-corrected chi connectivity index (χ2v) is 5.31. The van der Waals surface area contributed by atoms with Crippen LogP contribution in [0.15, 0.2) is 41.5 Å². The van der Waals surface area contributed by atoms with E-state index in [9.17, 15) is 9.90 Å². The van der Waals surface area contributed by atoms with E-state index in [0.717, 1.165) is 28.5 Å². The molecular formula is C17H18N2O3. The van der Waals surface area contributed by atoms with E-state index in [1.165, 1.54) is 0 Å². The lowest BCUT2D eigenvalue weighted by Gasteiger charge is -2.17. The van der Waals surface area contributed by atoms with Crippen molar-refractivity contribution in [3.63, 3.8) is 0 Å². The first-order valence-corrected chi connectivity index (χ1v) is 7.30. The number of hydrazone groups is 1. The molecular weight excluding hydrogens is 280 g/mol. The SMILES string of the molecule is COc1ccc(/C=N/N2CCCC2C(=O)O)c2ccccc12. The molecule has 2 aromatic carbocycles. The van der Waals surface area contributed by atoms with Crippen LogP contribution < -0.4 is 4.74 Å².